The van der Waals surface area contributed by atoms with Crippen molar-refractivity contribution in [3.63, 3.8) is 0 Å². The molecule has 2 aliphatic rings. The van der Waals surface area contributed by atoms with E-state index in [0.717, 1.165) is 21.9 Å². The van der Waals surface area contributed by atoms with Gasteiger partial charge in [-0.3, -0.25) is 19.2 Å². The van der Waals surface area contributed by atoms with E-state index in [0.29, 0.717) is 10.0 Å². The molecule has 256 valence electrons. The van der Waals surface area contributed by atoms with Crippen molar-refractivity contribution in [3.05, 3.63) is 117 Å². The van der Waals surface area contributed by atoms with Crippen molar-refractivity contribution >= 4 is 122 Å². The molecule has 0 bridgehead atoms. The monoisotopic (exact) mass is 846 g/mol. The Hall–Kier alpha value is -2.21. The van der Waals surface area contributed by atoms with Crippen LogP contribution in [0.15, 0.2) is 94.7 Å². The van der Waals surface area contributed by atoms with E-state index in [4.69, 9.17) is 23.2 Å². The van der Waals surface area contributed by atoms with Gasteiger partial charge in [-0.25, -0.2) is 26.6 Å². The van der Waals surface area contributed by atoms with Crippen LogP contribution in [0.4, 0.5) is 11.4 Å². The standard InChI is InChI=1S/C36H16Cl2N2O10S2.2K/c37-15-1-5-17(6-2-15)39-33(41)21-11-9-19-30-26(52(48,49)50)14-24-28-22(34(42)40(36(24)44)18-7-3-16(38)4-8-18)12-10-20(32(28)30)29-25(51(45,46)47)13-23(35(39)43)27(21)31(19)29;;/h1-14H,(H,45,46,47)(H,48,49,50);;/q;2*+1/p-2. The van der Waals surface area contributed by atoms with Gasteiger partial charge >= 0.3 is 103 Å². The number of hydrogen-bond acceptors (Lipinski definition) is 10. The number of benzene rings is 7. The average Bonchev–Trinajstić information content (AvgIpc) is 3.09. The van der Waals surface area contributed by atoms with Crippen molar-refractivity contribution in [1.82, 2.24) is 0 Å². The molecular weight excluding hydrogens is 834 g/mol. The SMILES string of the molecule is O=C1c2ccc3c4c(S(=O)(=O)[O-])cc5c6c(ccc(c7c(S(=O)(=O)[O-])cc(c2c37)C(=O)N1c1ccc(Cl)cc1)c64)C(=O)N(c1ccc(Cl)cc1)C5=O.[K+].[K+]. The van der Waals surface area contributed by atoms with Gasteiger partial charge in [0.15, 0.2) is 0 Å². The number of amides is 4. The van der Waals surface area contributed by atoms with Gasteiger partial charge in [0.05, 0.1) is 32.3 Å². The summed E-state index contributed by atoms with van der Waals surface area (Å²) in [5, 5.41) is -0.695. The molecule has 0 saturated heterocycles. The zero-order valence-electron chi connectivity index (χ0n) is 27.6. The number of carbonyl (C=O) groups excluding carboxylic acids is 4. The molecule has 0 atom stereocenters. The third-order valence-corrected chi connectivity index (χ3v) is 11.7. The van der Waals surface area contributed by atoms with Crippen molar-refractivity contribution in [2.24, 2.45) is 0 Å². The average molecular weight is 848 g/mol. The number of fused-ring (bicyclic) bond motifs is 2. The predicted octanol–water partition coefficient (Wildman–Crippen LogP) is 0.461. The van der Waals surface area contributed by atoms with Gasteiger partial charge in [-0.2, -0.15) is 0 Å². The summed E-state index contributed by atoms with van der Waals surface area (Å²) >= 11 is 12.0. The van der Waals surface area contributed by atoms with Crippen LogP contribution >= 0.6 is 23.2 Å². The molecule has 0 unspecified atom stereocenters. The number of anilines is 2. The molecular formula is C36H14Cl2K2N2O10S2. The van der Waals surface area contributed by atoms with Crippen LogP contribution in [0, 0.1) is 0 Å². The van der Waals surface area contributed by atoms with Crippen molar-refractivity contribution in [1.29, 1.82) is 0 Å². The number of carbonyl (C=O) groups is 4. The zero-order valence-corrected chi connectivity index (χ0v) is 37.0. The Morgan fingerprint density at radius 1 is 0.426 bits per heavy atom. The predicted molar refractivity (Wildman–Crippen MR) is 189 cm³/mol. The number of rotatable bonds is 4. The van der Waals surface area contributed by atoms with Crippen LogP contribution in [0.2, 0.25) is 10.0 Å². The van der Waals surface area contributed by atoms with Crippen LogP contribution in [-0.2, 0) is 20.2 Å². The molecule has 0 aliphatic carbocycles. The van der Waals surface area contributed by atoms with Gasteiger partial charge in [-0.05, 0) is 83.6 Å². The van der Waals surface area contributed by atoms with Gasteiger partial charge in [-0.1, -0.05) is 35.3 Å². The molecule has 0 aromatic heterocycles. The van der Waals surface area contributed by atoms with E-state index in [9.17, 15) is 45.1 Å². The minimum Gasteiger partial charge on any atom is -0.744 e. The molecule has 4 amide bonds. The van der Waals surface area contributed by atoms with E-state index in [1.54, 1.807) is 0 Å². The third-order valence-electron chi connectivity index (χ3n) is 9.47. The van der Waals surface area contributed by atoms with Crippen LogP contribution in [0.25, 0.3) is 43.1 Å². The Balaban J connectivity index is 0.00000225. The number of hydrogen-bond donors (Lipinski definition) is 0. The summed E-state index contributed by atoms with van der Waals surface area (Å²) in [7, 11) is -10.9. The molecule has 54 heavy (non-hydrogen) atoms. The van der Waals surface area contributed by atoms with E-state index in [-0.39, 0.29) is 179 Å². The second kappa shape index (κ2) is 13.7. The second-order valence-corrected chi connectivity index (χ2v) is 15.7. The fourth-order valence-corrected chi connectivity index (χ4v) is 9.14. The van der Waals surface area contributed by atoms with E-state index < -0.39 is 53.7 Å². The van der Waals surface area contributed by atoms with Crippen molar-refractivity contribution < 1.29 is 148 Å². The Morgan fingerprint density at radius 3 is 1.06 bits per heavy atom. The summed E-state index contributed by atoms with van der Waals surface area (Å²) in [6.07, 6.45) is 0. The molecule has 12 nitrogen and oxygen atoms in total. The second-order valence-electron chi connectivity index (χ2n) is 12.2. The van der Waals surface area contributed by atoms with E-state index in [1.165, 1.54) is 72.8 Å². The summed E-state index contributed by atoms with van der Waals surface area (Å²) in [6.45, 7) is 0. The Bertz CT molecular complexity index is 2910. The minimum atomic E-state index is -5.44. The van der Waals surface area contributed by atoms with Crippen LogP contribution in [0.1, 0.15) is 41.4 Å². The quantitative estimate of drug-likeness (QED) is 0.0792. The Labute approximate surface area is 400 Å². The maximum Gasteiger partial charge on any atom is 1.00 e. The fourth-order valence-electron chi connectivity index (χ4n) is 7.44. The summed E-state index contributed by atoms with van der Waals surface area (Å²) in [6, 6.07) is 18.2. The normalized spacial score (nSPS) is 14.4. The molecule has 2 aliphatic heterocycles. The molecule has 0 radical (unpaired) electrons. The summed E-state index contributed by atoms with van der Waals surface area (Å²) in [5.74, 6) is -3.61. The molecule has 2 heterocycles. The van der Waals surface area contributed by atoms with Gasteiger partial charge in [0, 0.05) is 53.5 Å². The van der Waals surface area contributed by atoms with Gasteiger partial charge in [0.1, 0.15) is 20.2 Å². The smallest absolute Gasteiger partial charge is 0.744 e. The van der Waals surface area contributed by atoms with Gasteiger partial charge in [-0.15, -0.1) is 0 Å². The van der Waals surface area contributed by atoms with Crippen LogP contribution in [0.3, 0.4) is 0 Å². The first-order valence-electron chi connectivity index (χ1n) is 15.1. The Morgan fingerprint density at radius 2 is 0.741 bits per heavy atom. The molecule has 0 saturated carbocycles. The first kappa shape index (κ1) is 40.0. The third kappa shape index (κ3) is 5.73. The summed E-state index contributed by atoms with van der Waals surface area (Å²) in [5.41, 5.74) is -0.714. The maximum absolute atomic E-state index is 14.1. The molecule has 7 aromatic carbocycles. The van der Waals surface area contributed by atoms with Crippen LogP contribution in [-0.4, -0.2) is 49.6 Å². The van der Waals surface area contributed by atoms with E-state index in [1.807, 2.05) is 0 Å². The summed E-state index contributed by atoms with van der Waals surface area (Å²) < 4.78 is 78.5. The molecule has 7 aromatic rings. The first-order chi connectivity index (χ1) is 24.6. The zero-order chi connectivity index (χ0) is 36.8. The van der Waals surface area contributed by atoms with Gasteiger partial charge in [0.2, 0.25) is 0 Å². The largest absolute Gasteiger partial charge is 1.00 e. The first-order valence-corrected chi connectivity index (χ1v) is 18.6. The molecule has 18 heteroatoms. The molecule has 0 spiro atoms. The van der Waals surface area contributed by atoms with Crippen LogP contribution < -0.4 is 113 Å². The molecule has 0 fully saturated rings. The Kier molecular flexibility index (Phi) is 10.2. The minimum absolute atomic E-state index is 0. The number of imide groups is 2. The topological polar surface area (TPSA) is 189 Å². The van der Waals surface area contributed by atoms with Gasteiger partial charge in [0.25, 0.3) is 23.6 Å². The molecule has 0 N–H and O–H groups in total. The number of nitrogens with zero attached hydrogens (tertiary/aromatic N) is 2. The van der Waals surface area contributed by atoms with Crippen molar-refractivity contribution in [3.8, 4) is 0 Å². The number of halogens is 2. The van der Waals surface area contributed by atoms with E-state index >= 15 is 0 Å². The van der Waals surface area contributed by atoms with Crippen molar-refractivity contribution in [2.45, 2.75) is 9.79 Å². The van der Waals surface area contributed by atoms with Gasteiger partial charge < -0.3 is 9.11 Å². The maximum atomic E-state index is 14.1. The summed E-state index contributed by atoms with van der Waals surface area (Å²) in [4.78, 5) is 56.0. The fraction of sp³-hybridized carbons (Fsp3) is 0. The molecule has 9 rings (SSSR count). The van der Waals surface area contributed by atoms with Crippen LogP contribution in [0.5, 0.6) is 0 Å². The van der Waals surface area contributed by atoms with E-state index in [2.05, 4.69) is 0 Å². The van der Waals surface area contributed by atoms with Crippen molar-refractivity contribution in [2.75, 3.05) is 9.80 Å².